The van der Waals surface area contributed by atoms with Gasteiger partial charge in [-0.3, -0.25) is 4.79 Å². The van der Waals surface area contributed by atoms with Gasteiger partial charge in [-0.2, -0.15) is 0 Å². The third-order valence-corrected chi connectivity index (χ3v) is 5.20. The lowest BCUT2D eigenvalue weighted by molar-refractivity contribution is 0.0949. The molecule has 3 rings (SSSR count). The number of hydrogen-bond donors (Lipinski definition) is 1. The van der Waals surface area contributed by atoms with Crippen LogP contribution in [0.15, 0.2) is 46.9 Å². The number of ether oxygens (including phenoxy) is 2. The average Bonchev–Trinajstić information content (AvgIpc) is 3.43. The summed E-state index contributed by atoms with van der Waals surface area (Å²) >= 11 is 3.46. The van der Waals surface area contributed by atoms with Gasteiger partial charge in [-0.25, -0.2) is 0 Å². The van der Waals surface area contributed by atoms with Crippen LogP contribution < -0.4 is 14.8 Å². The molecular weight excluding hydrogens is 382 g/mol. The molecule has 1 aliphatic carbocycles. The minimum atomic E-state index is -0.107. The van der Waals surface area contributed by atoms with Crippen LogP contribution in [0.3, 0.4) is 0 Å². The lowest BCUT2D eigenvalue weighted by Crippen LogP contribution is -2.32. The molecule has 0 atom stereocenters. The summed E-state index contributed by atoms with van der Waals surface area (Å²) in [5.41, 5.74) is 1.93. The highest BCUT2D eigenvalue weighted by Gasteiger charge is 2.44. The van der Waals surface area contributed by atoms with Gasteiger partial charge in [-0.05, 0) is 53.4 Å². The topological polar surface area (TPSA) is 47.6 Å². The molecule has 132 valence electrons. The van der Waals surface area contributed by atoms with Gasteiger partial charge < -0.3 is 14.8 Å². The van der Waals surface area contributed by atoms with Crippen LogP contribution in [0.4, 0.5) is 0 Å². The fourth-order valence-electron chi connectivity index (χ4n) is 3.00. The molecule has 0 bridgehead atoms. The fraction of sp³-hybridized carbons (Fsp3) is 0.350. The molecule has 2 aromatic rings. The zero-order chi connectivity index (χ0) is 17.9. The fourth-order valence-corrected chi connectivity index (χ4v) is 3.55. The van der Waals surface area contributed by atoms with E-state index in [0.717, 1.165) is 12.8 Å². The number of methoxy groups -OCH3 is 1. The van der Waals surface area contributed by atoms with Gasteiger partial charge in [0, 0.05) is 17.5 Å². The summed E-state index contributed by atoms with van der Waals surface area (Å²) in [5, 5.41) is 3.07. The summed E-state index contributed by atoms with van der Waals surface area (Å²) < 4.78 is 11.6. The van der Waals surface area contributed by atoms with E-state index in [4.69, 9.17) is 9.47 Å². The molecule has 25 heavy (non-hydrogen) atoms. The molecule has 0 unspecified atom stereocenters. The van der Waals surface area contributed by atoms with Gasteiger partial charge in [-0.1, -0.05) is 30.3 Å². The predicted octanol–water partition coefficient (Wildman–Crippen LogP) is 4.32. The Hall–Kier alpha value is -2.01. The average molecular weight is 404 g/mol. The van der Waals surface area contributed by atoms with Crippen molar-refractivity contribution in [2.45, 2.75) is 25.2 Å². The summed E-state index contributed by atoms with van der Waals surface area (Å²) in [5.74, 6) is 1.05. The van der Waals surface area contributed by atoms with Crippen LogP contribution >= 0.6 is 15.9 Å². The maximum atomic E-state index is 12.6. The number of carbonyl (C=O) groups excluding carboxylic acids is 1. The number of amides is 1. The molecule has 5 heteroatoms. The van der Waals surface area contributed by atoms with Gasteiger partial charge in [-0.15, -0.1) is 0 Å². The predicted molar refractivity (Wildman–Crippen MR) is 102 cm³/mol. The second-order valence-electron chi connectivity index (χ2n) is 6.25. The van der Waals surface area contributed by atoms with Crippen molar-refractivity contribution in [3.8, 4) is 11.5 Å². The smallest absolute Gasteiger partial charge is 0.251 e. The summed E-state index contributed by atoms with van der Waals surface area (Å²) in [4.78, 5) is 12.6. The summed E-state index contributed by atoms with van der Waals surface area (Å²) in [6.07, 6.45) is 2.21. The third-order valence-electron chi connectivity index (χ3n) is 4.61. The van der Waals surface area contributed by atoms with E-state index in [-0.39, 0.29) is 11.3 Å². The molecule has 2 aromatic carbocycles. The summed E-state index contributed by atoms with van der Waals surface area (Å²) in [6, 6.07) is 13.9. The first-order chi connectivity index (χ1) is 12.1. The first-order valence-electron chi connectivity index (χ1n) is 8.43. The van der Waals surface area contributed by atoms with E-state index in [1.54, 1.807) is 19.2 Å². The quantitative estimate of drug-likeness (QED) is 0.748. The SMILES string of the molecule is CCOc1c(Br)cc(C(=O)NCC2(c3ccccc3)CC2)cc1OC. The first-order valence-corrected chi connectivity index (χ1v) is 9.23. The molecule has 1 saturated carbocycles. The molecule has 1 N–H and O–H groups in total. The highest BCUT2D eigenvalue weighted by atomic mass is 79.9. The Morgan fingerprint density at radius 3 is 2.56 bits per heavy atom. The molecule has 1 aliphatic rings. The Morgan fingerprint density at radius 1 is 1.24 bits per heavy atom. The number of rotatable bonds is 7. The van der Waals surface area contributed by atoms with Crippen molar-refractivity contribution in [3.05, 3.63) is 58.1 Å². The Balaban J connectivity index is 1.73. The van der Waals surface area contributed by atoms with E-state index < -0.39 is 0 Å². The van der Waals surface area contributed by atoms with Crippen molar-refractivity contribution < 1.29 is 14.3 Å². The van der Waals surface area contributed by atoms with Crippen molar-refractivity contribution in [1.29, 1.82) is 0 Å². The van der Waals surface area contributed by atoms with Crippen LogP contribution in [0.1, 0.15) is 35.7 Å². The van der Waals surface area contributed by atoms with Gasteiger partial charge in [0.15, 0.2) is 11.5 Å². The van der Waals surface area contributed by atoms with E-state index in [0.29, 0.717) is 34.7 Å². The van der Waals surface area contributed by atoms with Gasteiger partial charge in [0.05, 0.1) is 18.2 Å². The van der Waals surface area contributed by atoms with Crippen LogP contribution in [0.2, 0.25) is 0 Å². The second kappa shape index (κ2) is 7.48. The van der Waals surface area contributed by atoms with Crippen molar-refractivity contribution in [2.24, 2.45) is 0 Å². The molecule has 1 fully saturated rings. The van der Waals surface area contributed by atoms with Crippen molar-refractivity contribution in [1.82, 2.24) is 5.32 Å². The second-order valence-corrected chi connectivity index (χ2v) is 7.11. The molecular formula is C20H22BrNO3. The van der Waals surface area contributed by atoms with Gasteiger partial charge >= 0.3 is 0 Å². The highest BCUT2D eigenvalue weighted by molar-refractivity contribution is 9.10. The first kappa shape index (κ1) is 17.8. The van der Waals surface area contributed by atoms with Crippen molar-refractivity contribution in [3.63, 3.8) is 0 Å². The molecule has 0 heterocycles. The van der Waals surface area contributed by atoms with Crippen molar-refractivity contribution >= 4 is 21.8 Å². The van der Waals surface area contributed by atoms with Crippen LogP contribution in [0.5, 0.6) is 11.5 Å². The van der Waals surface area contributed by atoms with Crippen LogP contribution in [0, 0.1) is 0 Å². The lowest BCUT2D eigenvalue weighted by atomic mass is 9.96. The minimum absolute atomic E-state index is 0.0868. The van der Waals surface area contributed by atoms with E-state index >= 15 is 0 Å². The van der Waals surface area contributed by atoms with E-state index in [1.807, 2.05) is 25.1 Å². The number of carbonyl (C=O) groups is 1. The maximum Gasteiger partial charge on any atom is 0.251 e. The standard InChI is InChI=1S/C20H22BrNO3/c1-3-25-18-16(21)11-14(12-17(18)24-2)19(23)22-13-20(9-10-20)15-7-5-4-6-8-15/h4-8,11-12H,3,9-10,13H2,1-2H3,(H,22,23). The Morgan fingerprint density at radius 2 is 1.96 bits per heavy atom. The molecule has 4 nitrogen and oxygen atoms in total. The number of nitrogens with one attached hydrogen (secondary N) is 1. The van der Waals surface area contributed by atoms with E-state index in [9.17, 15) is 4.79 Å². The van der Waals surface area contributed by atoms with Gasteiger partial charge in [0.2, 0.25) is 0 Å². The monoisotopic (exact) mass is 403 g/mol. The lowest BCUT2D eigenvalue weighted by Gasteiger charge is -2.17. The molecule has 1 amide bonds. The zero-order valence-corrected chi connectivity index (χ0v) is 16.1. The van der Waals surface area contributed by atoms with Crippen LogP contribution in [0.25, 0.3) is 0 Å². The number of halogens is 1. The van der Waals surface area contributed by atoms with Crippen LogP contribution in [-0.2, 0) is 5.41 Å². The Bertz CT molecular complexity index is 757. The molecule has 0 saturated heterocycles. The van der Waals surface area contributed by atoms with E-state index in [2.05, 4.69) is 33.4 Å². The van der Waals surface area contributed by atoms with Gasteiger partial charge in [0.25, 0.3) is 5.91 Å². The van der Waals surface area contributed by atoms with Crippen molar-refractivity contribution in [2.75, 3.05) is 20.3 Å². The highest BCUT2D eigenvalue weighted by Crippen LogP contribution is 2.47. The third kappa shape index (κ3) is 3.82. The molecule has 0 aliphatic heterocycles. The number of hydrogen-bond acceptors (Lipinski definition) is 3. The minimum Gasteiger partial charge on any atom is -0.493 e. The number of benzene rings is 2. The molecule has 0 spiro atoms. The maximum absolute atomic E-state index is 12.6. The molecule has 0 aromatic heterocycles. The Labute approximate surface area is 156 Å². The largest absolute Gasteiger partial charge is 0.493 e. The summed E-state index contributed by atoms with van der Waals surface area (Å²) in [7, 11) is 1.57. The van der Waals surface area contributed by atoms with Gasteiger partial charge in [0.1, 0.15) is 0 Å². The molecule has 0 radical (unpaired) electrons. The van der Waals surface area contributed by atoms with E-state index in [1.165, 1.54) is 5.56 Å². The zero-order valence-electron chi connectivity index (χ0n) is 14.5. The Kier molecular flexibility index (Phi) is 5.33. The summed E-state index contributed by atoms with van der Waals surface area (Å²) in [6.45, 7) is 3.08. The van der Waals surface area contributed by atoms with Crippen LogP contribution in [-0.4, -0.2) is 26.2 Å². The normalized spacial score (nSPS) is 14.7.